The van der Waals surface area contributed by atoms with Gasteiger partial charge < -0.3 is 10.1 Å². The zero-order chi connectivity index (χ0) is 14.9. The number of alkyl carbamates (subject to hydrolysis) is 1. The molecule has 1 aromatic rings. The lowest BCUT2D eigenvalue weighted by Gasteiger charge is -2.30. The molecular weight excluding hydrogens is 262 g/mol. The summed E-state index contributed by atoms with van der Waals surface area (Å²) in [5.41, 5.74) is 1.01. The van der Waals surface area contributed by atoms with Crippen LogP contribution in [0.15, 0.2) is 43.0 Å². The van der Waals surface area contributed by atoms with Crippen LogP contribution in [0.1, 0.15) is 44.1 Å². The van der Waals surface area contributed by atoms with Crippen molar-refractivity contribution in [2.75, 3.05) is 0 Å². The topological polar surface area (TPSA) is 38.3 Å². The fraction of sp³-hybridized carbons (Fsp3) is 0.500. The van der Waals surface area contributed by atoms with Gasteiger partial charge in [0.05, 0.1) is 0 Å². The fourth-order valence-electron chi connectivity index (χ4n) is 3.00. The van der Waals surface area contributed by atoms with Crippen LogP contribution in [0.5, 0.6) is 0 Å². The minimum absolute atomic E-state index is 0.158. The highest BCUT2D eigenvalue weighted by atomic mass is 16.5. The maximum Gasteiger partial charge on any atom is 0.407 e. The Kier molecular flexibility index (Phi) is 6.32. The fourth-order valence-corrected chi connectivity index (χ4v) is 3.00. The molecule has 0 spiro atoms. The van der Waals surface area contributed by atoms with Gasteiger partial charge in [-0.15, -0.1) is 6.58 Å². The monoisotopic (exact) mass is 287 g/mol. The molecule has 1 fully saturated rings. The van der Waals surface area contributed by atoms with E-state index in [2.05, 4.69) is 11.9 Å². The van der Waals surface area contributed by atoms with Crippen LogP contribution in [-0.4, -0.2) is 12.1 Å². The van der Waals surface area contributed by atoms with Gasteiger partial charge in [-0.2, -0.15) is 0 Å². The smallest absolute Gasteiger partial charge is 0.407 e. The molecule has 1 aliphatic carbocycles. The molecule has 0 aliphatic heterocycles. The second-order valence-electron chi connectivity index (χ2n) is 5.74. The van der Waals surface area contributed by atoms with Gasteiger partial charge in [-0.3, -0.25) is 0 Å². The summed E-state index contributed by atoms with van der Waals surface area (Å²) in [6.45, 7) is 4.12. The predicted octanol–water partition coefficient (Wildman–Crippen LogP) is 4.44. The zero-order valence-electron chi connectivity index (χ0n) is 12.6. The van der Waals surface area contributed by atoms with E-state index in [1.807, 2.05) is 36.4 Å². The minimum atomic E-state index is -0.323. The Balaban J connectivity index is 1.81. The molecule has 3 nitrogen and oxygen atoms in total. The third-order valence-electron chi connectivity index (χ3n) is 4.16. The Morgan fingerprint density at radius 1 is 1.29 bits per heavy atom. The lowest BCUT2D eigenvalue weighted by molar-refractivity contribution is 0.129. The van der Waals surface area contributed by atoms with Crippen LogP contribution >= 0.6 is 0 Å². The standard InChI is InChI=1S/C18H25NO2/c1-2-9-17(16-12-7-4-8-13-16)19-18(20)21-14-15-10-5-3-6-11-15/h2-3,5-6,10-11,16-17H,1,4,7-9,12-14H2,(H,19,20). The van der Waals surface area contributed by atoms with Gasteiger partial charge >= 0.3 is 6.09 Å². The highest BCUT2D eigenvalue weighted by molar-refractivity contribution is 5.67. The molecule has 1 N–H and O–H groups in total. The molecule has 0 bridgehead atoms. The number of hydrogen-bond acceptors (Lipinski definition) is 2. The van der Waals surface area contributed by atoms with Crippen molar-refractivity contribution in [3.05, 3.63) is 48.6 Å². The molecule has 3 heteroatoms. The average Bonchev–Trinajstić information content (AvgIpc) is 2.54. The third-order valence-corrected chi connectivity index (χ3v) is 4.16. The molecule has 0 saturated heterocycles. The van der Waals surface area contributed by atoms with E-state index in [4.69, 9.17) is 4.74 Å². The highest BCUT2D eigenvalue weighted by Crippen LogP contribution is 2.28. The van der Waals surface area contributed by atoms with Crippen molar-refractivity contribution >= 4 is 6.09 Å². The van der Waals surface area contributed by atoms with Gasteiger partial charge in [0, 0.05) is 6.04 Å². The lowest BCUT2D eigenvalue weighted by atomic mass is 9.83. The number of benzene rings is 1. The predicted molar refractivity (Wildman–Crippen MR) is 84.9 cm³/mol. The summed E-state index contributed by atoms with van der Waals surface area (Å²) in [6, 6.07) is 9.90. The van der Waals surface area contributed by atoms with Gasteiger partial charge in [0.25, 0.3) is 0 Å². The van der Waals surface area contributed by atoms with Gasteiger partial charge in [-0.05, 0) is 30.7 Å². The van der Waals surface area contributed by atoms with Crippen molar-refractivity contribution in [1.29, 1.82) is 0 Å². The molecule has 0 radical (unpaired) electrons. The Morgan fingerprint density at radius 2 is 2.00 bits per heavy atom. The normalized spacial score (nSPS) is 17.0. The SMILES string of the molecule is C=CCC(NC(=O)OCc1ccccc1)C1CCCCC1. The number of carbonyl (C=O) groups excluding carboxylic acids is 1. The molecule has 1 aliphatic rings. The maximum absolute atomic E-state index is 12.0. The van der Waals surface area contributed by atoms with Gasteiger partial charge in [-0.1, -0.05) is 55.7 Å². The van der Waals surface area contributed by atoms with E-state index < -0.39 is 0 Å². The first-order valence-electron chi connectivity index (χ1n) is 7.87. The molecule has 1 atom stereocenters. The number of rotatable bonds is 6. The van der Waals surface area contributed by atoms with Crippen LogP contribution in [-0.2, 0) is 11.3 Å². The largest absolute Gasteiger partial charge is 0.445 e. The Bertz CT molecular complexity index is 438. The highest BCUT2D eigenvalue weighted by Gasteiger charge is 2.24. The third kappa shape index (κ3) is 5.25. The lowest BCUT2D eigenvalue weighted by Crippen LogP contribution is -2.41. The second kappa shape index (κ2) is 8.50. The molecule has 1 amide bonds. The number of carbonyl (C=O) groups is 1. The van der Waals surface area contributed by atoms with Crippen LogP contribution in [0.4, 0.5) is 4.79 Å². The summed E-state index contributed by atoms with van der Waals surface area (Å²) in [6.07, 6.45) is 8.60. The summed E-state index contributed by atoms with van der Waals surface area (Å²) in [5, 5.41) is 3.03. The second-order valence-corrected chi connectivity index (χ2v) is 5.74. The molecule has 0 aromatic heterocycles. The molecule has 1 saturated carbocycles. The van der Waals surface area contributed by atoms with Crippen molar-refractivity contribution in [3.8, 4) is 0 Å². The van der Waals surface area contributed by atoms with E-state index >= 15 is 0 Å². The van der Waals surface area contributed by atoms with Crippen molar-refractivity contribution in [3.63, 3.8) is 0 Å². The quantitative estimate of drug-likeness (QED) is 0.786. The summed E-state index contributed by atoms with van der Waals surface area (Å²) >= 11 is 0. The molecule has 2 rings (SSSR count). The molecule has 1 aromatic carbocycles. The number of ether oxygens (including phenoxy) is 1. The summed E-state index contributed by atoms with van der Waals surface area (Å²) in [5.74, 6) is 0.557. The van der Waals surface area contributed by atoms with Crippen LogP contribution in [0, 0.1) is 5.92 Å². The van der Waals surface area contributed by atoms with Crippen molar-refractivity contribution < 1.29 is 9.53 Å². The zero-order valence-corrected chi connectivity index (χ0v) is 12.6. The van der Waals surface area contributed by atoms with E-state index in [0.717, 1.165) is 12.0 Å². The van der Waals surface area contributed by atoms with Gasteiger partial charge in [0.1, 0.15) is 6.61 Å². The molecule has 21 heavy (non-hydrogen) atoms. The van der Waals surface area contributed by atoms with E-state index in [0.29, 0.717) is 12.5 Å². The molecule has 1 unspecified atom stereocenters. The number of hydrogen-bond donors (Lipinski definition) is 1. The molecule has 0 heterocycles. The Labute approximate surface area is 127 Å². The van der Waals surface area contributed by atoms with Crippen molar-refractivity contribution in [1.82, 2.24) is 5.32 Å². The van der Waals surface area contributed by atoms with Crippen LogP contribution in [0.25, 0.3) is 0 Å². The Morgan fingerprint density at radius 3 is 2.67 bits per heavy atom. The van der Waals surface area contributed by atoms with Gasteiger partial charge in [0.15, 0.2) is 0 Å². The van der Waals surface area contributed by atoms with Crippen molar-refractivity contribution in [2.24, 2.45) is 5.92 Å². The van der Waals surface area contributed by atoms with Crippen LogP contribution in [0.2, 0.25) is 0 Å². The van der Waals surface area contributed by atoms with E-state index in [-0.39, 0.29) is 12.1 Å². The van der Waals surface area contributed by atoms with Gasteiger partial charge in [0.2, 0.25) is 0 Å². The molecule has 114 valence electrons. The minimum Gasteiger partial charge on any atom is -0.445 e. The summed E-state index contributed by atoms with van der Waals surface area (Å²) in [7, 11) is 0. The first-order chi connectivity index (χ1) is 10.3. The number of nitrogens with one attached hydrogen (secondary N) is 1. The van der Waals surface area contributed by atoms with Gasteiger partial charge in [-0.25, -0.2) is 4.79 Å². The molecular formula is C18H25NO2. The van der Waals surface area contributed by atoms with E-state index in [1.165, 1.54) is 32.1 Å². The number of amides is 1. The first kappa shape index (κ1) is 15.6. The summed E-state index contributed by atoms with van der Waals surface area (Å²) < 4.78 is 5.31. The summed E-state index contributed by atoms with van der Waals surface area (Å²) in [4.78, 5) is 12.0. The average molecular weight is 287 g/mol. The van der Waals surface area contributed by atoms with Crippen molar-refractivity contribution in [2.45, 2.75) is 51.2 Å². The van der Waals surface area contributed by atoms with E-state index in [1.54, 1.807) is 0 Å². The van der Waals surface area contributed by atoms with E-state index in [9.17, 15) is 4.79 Å². The van der Waals surface area contributed by atoms with Crippen LogP contribution in [0.3, 0.4) is 0 Å². The van der Waals surface area contributed by atoms with Crippen LogP contribution < -0.4 is 5.32 Å². The maximum atomic E-state index is 12.0. The Hall–Kier alpha value is -1.77. The first-order valence-corrected chi connectivity index (χ1v) is 7.87.